The number of aliphatic hydroxyl groups excluding tert-OH is 3. The second kappa shape index (κ2) is 6.69. The summed E-state index contributed by atoms with van der Waals surface area (Å²) in [6, 6.07) is 0. The number of carbonyl (C=O) groups is 1. The van der Waals surface area contributed by atoms with Crippen LogP contribution < -0.4 is 0 Å². The molecule has 0 radical (unpaired) electrons. The summed E-state index contributed by atoms with van der Waals surface area (Å²) in [6.45, 7) is -0.0946. The zero-order valence-corrected chi connectivity index (χ0v) is 9.64. The van der Waals surface area contributed by atoms with Crippen LogP contribution in [0.1, 0.15) is 13.3 Å². The van der Waals surface area contributed by atoms with Crippen LogP contribution >= 0.6 is 0 Å². The first-order valence-electron chi connectivity index (χ1n) is 4.58. The average Bonchev–Trinajstić information content (AvgIpc) is 2.25. The molecule has 0 aliphatic heterocycles. The largest absolute Gasteiger partial charge is 0.396 e. The zero-order chi connectivity index (χ0) is 12.8. The van der Waals surface area contributed by atoms with Gasteiger partial charge in [0.25, 0.3) is 5.91 Å². The van der Waals surface area contributed by atoms with Crippen LogP contribution in [0.4, 0.5) is 0 Å². The van der Waals surface area contributed by atoms with Crippen molar-refractivity contribution in [2.45, 2.75) is 13.3 Å². The molecule has 0 fully saturated rings. The molecule has 1 atom stereocenters. The van der Waals surface area contributed by atoms with Crippen LogP contribution in [0.15, 0.2) is 4.36 Å². The molecule has 94 valence electrons. The zero-order valence-electron chi connectivity index (χ0n) is 8.83. The SMILES string of the molecule is CC(CC(CO)(CO)CO)C(=O)N=S(=O)=O. The van der Waals surface area contributed by atoms with Crippen molar-refractivity contribution in [1.82, 2.24) is 0 Å². The molecule has 0 aromatic carbocycles. The molecule has 0 saturated carbocycles. The van der Waals surface area contributed by atoms with Crippen LogP contribution in [0, 0.1) is 11.3 Å². The Labute approximate surface area is 94.4 Å². The van der Waals surface area contributed by atoms with E-state index in [0.717, 1.165) is 0 Å². The molecule has 1 unspecified atom stereocenters. The van der Waals surface area contributed by atoms with Crippen LogP contribution in [0.25, 0.3) is 0 Å². The summed E-state index contributed by atoms with van der Waals surface area (Å²) >= 11 is 0. The molecule has 0 bridgehead atoms. The van der Waals surface area contributed by atoms with Crippen molar-refractivity contribution in [3.63, 3.8) is 0 Å². The minimum atomic E-state index is -2.81. The highest BCUT2D eigenvalue weighted by Crippen LogP contribution is 2.25. The van der Waals surface area contributed by atoms with Crippen LogP contribution in [0.3, 0.4) is 0 Å². The Morgan fingerprint density at radius 1 is 1.25 bits per heavy atom. The van der Waals surface area contributed by atoms with Gasteiger partial charge in [-0.2, -0.15) is 8.42 Å². The molecule has 0 aliphatic carbocycles. The molecule has 0 rings (SSSR count). The minimum absolute atomic E-state index is 0.0456. The number of carbonyl (C=O) groups excluding carboxylic acids is 1. The molecule has 8 heteroatoms. The maximum atomic E-state index is 11.2. The van der Waals surface area contributed by atoms with E-state index in [0.29, 0.717) is 0 Å². The Hall–Kier alpha value is -0.830. The van der Waals surface area contributed by atoms with E-state index in [9.17, 15) is 13.2 Å². The van der Waals surface area contributed by atoms with E-state index in [1.165, 1.54) is 6.92 Å². The lowest BCUT2D eigenvalue weighted by molar-refractivity contribution is -0.123. The van der Waals surface area contributed by atoms with Crippen LogP contribution in [0.5, 0.6) is 0 Å². The lowest BCUT2D eigenvalue weighted by Crippen LogP contribution is -2.36. The number of hydrogen-bond acceptors (Lipinski definition) is 6. The highest BCUT2D eigenvalue weighted by molar-refractivity contribution is 7.62. The maximum absolute atomic E-state index is 11.2. The van der Waals surface area contributed by atoms with Gasteiger partial charge in [-0.3, -0.25) is 4.79 Å². The molecule has 0 aromatic heterocycles. The minimum Gasteiger partial charge on any atom is -0.396 e. The molecule has 0 saturated heterocycles. The number of aliphatic hydroxyl groups is 3. The summed E-state index contributed by atoms with van der Waals surface area (Å²) < 4.78 is 23.1. The van der Waals surface area contributed by atoms with Crippen molar-refractivity contribution >= 4 is 16.4 Å². The van der Waals surface area contributed by atoms with E-state index in [2.05, 4.69) is 4.36 Å². The van der Waals surface area contributed by atoms with E-state index in [-0.39, 0.29) is 6.42 Å². The van der Waals surface area contributed by atoms with E-state index >= 15 is 0 Å². The van der Waals surface area contributed by atoms with Crippen LogP contribution in [0.2, 0.25) is 0 Å². The molecule has 0 heterocycles. The Morgan fingerprint density at radius 2 is 1.69 bits per heavy atom. The van der Waals surface area contributed by atoms with Gasteiger partial charge in [-0.15, -0.1) is 0 Å². The van der Waals surface area contributed by atoms with Gasteiger partial charge in [0.15, 0.2) is 0 Å². The van der Waals surface area contributed by atoms with Gasteiger partial charge in [0.05, 0.1) is 19.8 Å². The smallest absolute Gasteiger partial charge is 0.319 e. The fourth-order valence-corrected chi connectivity index (χ4v) is 1.57. The van der Waals surface area contributed by atoms with E-state index in [4.69, 9.17) is 15.3 Å². The monoisotopic (exact) mass is 253 g/mol. The molecular weight excluding hydrogens is 238 g/mol. The predicted octanol–water partition coefficient (Wildman–Crippen LogP) is -1.43. The topological polar surface area (TPSA) is 124 Å². The van der Waals surface area contributed by atoms with Crippen molar-refractivity contribution in [3.05, 3.63) is 0 Å². The third-order valence-electron chi connectivity index (χ3n) is 2.33. The number of amides is 1. The predicted molar refractivity (Wildman–Crippen MR) is 53.8 cm³/mol. The lowest BCUT2D eigenvalue weighted by Gasteiger charge is -2.28. The molecule has 0 spiro atoms. The van der Waals surface area contributed by atoms with Crippen molar-refractivity contribution in [2.75, 3.05) is 19.8 Å². The van der Waals surface area contributed by atoms with Gasteiger partial charge >= 0.3 is 10.5 Å². The van der Waals surface area contributed by atoms with Gasteiger partial charge in [-0.25, -0.2) is 0 Å². The summed E-state index contributed by atoms with van der Waals surface area (Å²) in [7, 11) is -2.81. The highest BCUT2D eigenvalue weighted by atomic mass is 32.2. The van der Waals surface area contributed by atoms with E-state index < -0.39 is 47.6 Å². The molecular formula is C8H15NO6S. The maximum Gasteiger partial charge on any atom is 0.319 e. The summed E-state index contributed by atoms with van der Waals surface area (Å²) in [5.74, 6) is -1.67. The quantitative estimate of drug-likeness (QED) is 0.533. The summed E-state index contributed by atoms with van der Waals surface area (Å²) in [4.78, 5) is 11.2. The third kappa shape index (κ3) is 4.35. The van der Waals surface area contributed by atoms with Gasteiger partial charge < -0.3 is 15.3 Å². The number of nitrogens with zero attached hydrogens (tertiary/aromatic N) is 1. The summed E-state index contributed by atoms with van der Waals surface area (Å²) in [5, 5.41) is 27.0. The molecule has 0 aliphatic rings. The average molecular weight is 253 g/mol. The lowest BCUT2D eigenvalue weighted by atomic mass is 9.81. The van der Waals surface area contributed by atoms with Crippen LogP contribution in [-0.4, -0.2) is 49.5 Å². The summed E-state index contributed by atoms with van der Waals surface area (Å²) in [6.07, 6.45) is -0.0456. The Morgan fingerprint density at radius 3 is 2.00 bits per heavy atom. The first-order chi connectivity index (χ1) is 7.40. The third-order valence-corrected chi connectivity index (χ3v) is 2.66. The van der Waals surface area contributed by atoms with Gasteiger partial charge in [-0.1, -0.05) is 11.3 Å². The van der Waals surface area contributed by atoms with Crippen molar-refractivity contribution < 1.29 is 28.5 Å². The first-order valence-corrected chi connectivity index (χ1v) is 5.61. The fraction of sp³-hybridized carbons (Fsp3) is 0.875. The molecule has 0 aromatic rings. The molecule has 7 nitrogen and oxygen atoms in total. The van der Waals surface area contributed by atoms with Crippen molar-refractivity contribution in [2.24, 2.45) is 15.7 Å². The normalized spacial score (nSPS) is 13.2. The van der Waals surface area contributed by atoms with E-state index in [1.807, 2.05) is 0 Å². The van der Waals surface area contributed by atoms with Gasteiger partial charge in [0.1, 0.15) is 0 Å². The second-order valence-electron chi connectivity index (χ2n) is 3.73. The highest BCUT2D eigenvalue weighted by Gasteiger charge is 2.32. The van der Waals surface area contributed by atoms with Crippen LogP contribution in [-0.2, 0) is 15.3 Å². The summed E-state index contributed by atoms with van der Waals surface area (Å²) in [5.41, 5.74) is -1.20. The standard InChI is InChI=1S/C8H15NO6S/c1-6(7(13)9-16(14)15)2-8(3-10,4-11)5-12/h6,10-12H,2-5H2,1H3. The fourth-order valence-electron chi connectivity index (χ4n) is 1.24. The van der Waals surface area contributed by atoms with Gasteiger partial charge in [0, 0.05) is 11.3 Å². The van der Waals surface area contributed by atoms with E-state index in [1.54, 1.807) is 0 Å². The number of hydrogen-bond donors (Lipinski definition) is 3. The Balaban J connectivity index is 4.70. The first kappa shape index (κ1) is 15.2. The van der Waals surface area contributed by atoms with Gasteiger partial charge in [-0.05, 0) is 6.42 Å². The molecule has 1 amide bonds. The van der Waals surface area contributed by atoms with Crippen molar-refractivity contribution in [1.29, 1.82) is 0 Å². The van der Waals surface area contributed by atoms with Gasteiger partial charge in [0.2, 0.25) is 0 Å². The Bertz CT molecular complexity index is 342. The van der Waals surface area contributed by atoms with Crippen molar-refractivity contribution in [3.8, 4) is 0 Å². The number of rotatable bonds is 6. The molecule has 3 N–H and O–H groups in total. The second-order valence-corrected chi connectivity index (χ2v) is 4.34. The Kier molecular flexibility index (Phi) is 6.34. The molecule has 16 heavy (non-hydrogen) atoms.